The van der Waals surface area contributed by atoms with Crippen LogP contribution in [0.5, 0.6) is 11.5 Å². The molecule has 1 heterocycles. The Balaban J connectivity index is 2.60. The van der Waals surface area contributed by atoms with Gasteiger partial charge >= 0.3 is 0 Å². The molecule has 0 unspecified atom stereocenters. The smallest absolute Gasteiger partial charge is 0.247 e. The summed E-state index contributed by atoms with van der Waals surface area (Å²) < 4.78 is 62.0. The van der Waals surface area contributed by atoms with Crippen molar-refractivity contribution in [1.82, 2.24) is 4.31 Å². The first-order valence-corrected chi connectivity index (χ1v) is 10.9. The van der Waals surface area contributed by atoms with Gasteiger partial charge in [0.25, 0.3) is 0 Å². The van der Waals surface area contributed by atoms with Crippen LogP contribution in [0.25, 0.3) is 0 Å². The van der Waals surface area contributed by atoms with Crippen molar-refractivity contribution < 1.29 is 26.3 Å². The molecule has 0 aliphatic carbocycles. The standard InChI is InChI=1S/C16H23NO6S2/c1-5-9-17(16(2)8-10-24(18,19)12-16)25(20,21)15-11-13(22-3)6-7-14(15)23-4/h5-7,11H,1,8-10,12H2,2-4H3/t16-/m0/s1. The monoisotopic (exact) mass is 389 g/mol. The Morgan fingerprint density at radius 1 is 1.32 bits per heavy atom. The van der Waals surface area contributed by atoms with Crippen LogP contribution in [0, 0.1) is 0 Å². The van der Waals surface area contributed by atoms with Crippen LogP contribution in [0.15, 0.2) is 35.7 Å². The Morgan fingerprint density at radius 2 is 2.00 bits per heavy atom. The normalized spacial score (nSPS) is 22.7. The number of ether oxygens (including phenoxy) is 2. The van der Waals surface area contributed by atoms with Gasteiger partial charge in [0.2, 0.25) is 10.0 Å². The van der Waals surface area contributed by atoms with Crippen molar-refractivity contribution >= 4 is 19.9 Å². The molecule has 1 aliphatic rings. The third-order valence-corrected chi connectivity index (χ3v) is 8.25. The molecule has 0 spiro atoms. The molecule has 0 amide bonds. The molecule has 2 rings (SSSR count). The van der Waals surface area contributed by atoms with E-state index in [9.17, 15) is 16.8 Å². The van der Waals surface area contributed by atoms with Crippen LogP contribution >= 0.6 is 0 Å². The minimum absolute atomic E-state index is 0.00524. The van der Waals surface area contributed by atoms with Gasteiger partial charge in [-0.3, -0.25) is 0 Å². The number of nitrogens with zero attached hydrogens (tertiary/aromatic N) is 1. The topological polar surface area (TPSA) is 90.0 Å². The SMILES string of the molecule is C=CCN([C@@]1(C)CCS(=O)(=O)C1)S(=O)(=O)c1cc(OC)ccc1OC. The van der Waals surface area contributed by atoms with Crippen molar-refractivity contribution in [3.05, 3.63) is 30.9 Å². The predicted octanol–water partition coefficient (Wildman–Crippen LogP) is 1.46. The largest absolute Gasteiger partial charge is 0.497 e. The van der Waals surface area contributed by atoms with Gasteiger partial charge in [-0.1, -0.05) is 6.08 Å². The zero-order chi connectivity index (χ0) is 18.9. The molecule has 1 fully saturated rings. The number of rotatable bonds is 7. The maximum absolute atomic E-state index is 13.3. The minimum Gasteiger partial charge on any atom is -0.497 e. The average molecular weight is 389 g/mol. The summed E-state index contributed by atoms with van der Waals surface area (Å²) in [5, 5.41) is 0. The summed E-state index contributed by atoms with van der Waals surface area (Å²) in [4.78, 5) is -0.0678. The molecule has 0 radical (unpaired) electrons. The van der Waals surface area contributed by atoms with E-state index in [0.717, 1.165) is 0 Å². The first-order valence-electron chi connectivity index (χ1n) is 7.66. The maximum atomic E-state index is 13.3. The number of benzene rings is 1. The van der Waals surface area contributed by atoms with Crippen molar-refractivity contribution in [1.29, 1.82) is 0 Å². The Bertz CT molecular complexity index is 863. The minimum atomic E-state index is -4.04. The van der Waals surface area contributed by atoms with Crippen molar-refractivity contribution in [2.45, 2.75) is 23.8 Å². The van der Waals surface area contributed by atoms with Crippen molar-refractivity contribution in [2.75, 3.05) is 32.3 Å². The zero-order valence-corrected chi connectivity index (χ0v) is 16.2. The van der Waals surface area contributed by atoms with Gasteiger partial charge in [-0.05, 0) is 25.5 Å². The Kier molecular flexibility index (Phi) is 5.50. The molecule has 1 aromatic rings. The molecule has 0 bridgehead atoms. The molecule has 0 N–H and O–H groups in total. The number of hydrogen-bond donors (Lipinski definition) is 0. The highest BCUT2D eigenvalue weighted by atomic mass is 32.2. The van der Waals surface area contributed by atoms with Gasteiger partial charge in [-0.25, -0.2) is 16.8 Å². The molecule has 1 aromatic carbocycles. The van der Waals surface area contributed by atoms with Crippen LogP contribution in [0.1, 0.15) is 13.3 Å². The molecular formula is C16H23NO6S2. The van der Waals surface area contributed by atoms with Gasteiger partial charge in [0.1, 0.15) is 16.4 Å². The highest BCUT2D eigenvalue weighted by molar-refractivity contribution is 7.92. The van der Waals surface area contributed by atoms with E-state index in [-0.39, 0.29) is 35.1 Å². The fourth-order valence-electron chi connectivity index (χ4n) is 3.02. The fourth-order valence-corrected chi connectivity index (χ4v) is 7.19. The lowest BCUT2D eigenvalue weighted by Gasteiger charge is -2.36. The highest BCUT2D eigenvalue weighted by Gasteiger charge is 2.48. The summed E-state index contributed by atoms with van der Waals surface area (Å²) in [6, 6.07) is 4.47. The molecular weight excluding hydrogens is 366 g/mol. The van der Waals surface area contributed by atoms with Crippen LogP contribution in [0.3, 0.4) is 0 Å². The molecule has 1 saturated heterocycles. The van der Waals surface area contributed by atoms with Crippen LogP contribution in [-0.2, 0) is 19.9 Å². The van der Waals surface area contributed by atoms with Crippen molar-refractivity contribution in [3.63, 3.8) is 0 Å². The quantitative estimate of drug-likeness (QED) is 0.656. The predicted molar refractivity (Wildman–Crippen MR) is 95.3 cm³/mol. The zero-order valence-electron chi connectivity index (χ0n) is 14.6. The molecule has 25 heavy (non-hydrogen) atoms. The molecule has 9 heteroatoms. The van der Waals surface area contributed by atoms with E-state index >= 15 is 0 Å². The first kappa shape index (κ1) is 19.7. The first-order chi connectivity index (χ1) is 11.6. The van der Waals surface area contributed by atoms with Gasteiger partial charge in [-0.2, -0.15) is 4.31 Å². The van der Waals surface area contributed by atoms with E-state index in [1.54, 1.807) is 13.0 Å². The number of methoxy groups -OCH3 is 2. The molecule has 1 aliphatic heterocycles. The molecule has 7 nitrogen and oxygen atoms in total. The van der Waals surface area contributed by atoms with E-state index < -0.39 is 25.4 Å². The van der Waals surface area contributed by atoms with Crippen LogP contribution in [-0.4, -0.2) is 58.9 Å². The summed E-state index contributed by atoms with van der Waals surface area (Å²) in [5.74, 6) is 0.266. The molecule has 0 aromatic heterocycles. The van der Waals surface area contributed by atoms with Crippen LogP contribution in [0.4, 0.5) is 0 Å². The fraction of sp³-hybridized carbons (Fsp3) is 0.500. The second-order valence-corrected chi connectivity index (χ2v) is 10.2. The lowest BCUT2D eigenvalue weighted by atomic mass is 10.0. The second kappa shape index (κ2) is 6.97. The summed E-state index contributed by atoms with van der Waals surface area (Å²) >= 11 is 0. The third-order valence-electron chi connectivity index (χ3n) is 4.32. The lowest BCUT2D eigenvalue weighted by Crippen LogP contribution is -2.50. The van der Waals surface area contributed by atoms with Gasteiger partial charge < -0.3 is 9.47 Å². The summed E-state index contributed by atoms with van der Waals surface area (Å²) in [7, 11) is -4.51. The van der Waals surface area contributed by atoms with E-state index in [4.69, 9.17) is 9.47 Å². The van der Waals surface area contributed by atoms with E-state index in [2.05, 4.69) is 6.58 Å². The van der Waals surface area contributed by atoms with Gasteiger partial charge in [-0.15, -0.1) is 6.58 Å². The molecule has 0 saturated carbocycles. The van der Waals surface area contributed by atoms with Crippen molar-refractivity contribution in [2.24, 2.45) is 0 Å². The van der Waals surface area contributed by atoms with E-state index in [1.807, 2.05) is 0 Å². The van der Waals surface area contributed by atoms with Gasteiger partial charge in [0.15, 0.2) is 9.84 Å². The maximum Gasteiger partial charge on any atom is 0.247 e. The second-order valence-electron chi connectivity index (χ2n) is 6.18. The van der Waals surface area contributed by atoms with E-state index in [0.29, 0.717) is 5.75 Å². The Labute approximate surface area is 149 Å². The number of sulfone groups is 1. The lowest BCUT2D eigenvalue weighted by molar-refractivity contribution is 0.251. The summed E-state index contributed by atoms with van der Waals surface area (Å²) in [6.07, 6.45) is 1.68. The number of sulfonamides is 1. The average Bonchev–Trinajstić information content (AvgIpc) is 2.85. The van der Waals surface area contributed by atoms with Gasteiger partial charge in [0.05, 0.1) is 25.7 Å². The molecule has 1 atom stereocenters. The molecule has 140 valence electrons. The highest BCUT2D eigenvalue weighted by Crippen LogP contribution is 2.37. The summed E-state index contributed by atoms with van der Waals surface area (Å²) in [5.41, 5.74) is -1.04. The third kappa shape index (κ3) is 3.83. The Morgan fingerprint density at radius 3 is 2.48 bits per heavy atom. The Hall–Kier alpha value is -1.58. The summed E-state index contributed by atoms with van der Waals surface area (Å²) in [6.45, 7) is 5.25. The van der Waals surface area contributed by atoms with Gasteiger partial charge in [0, 0.05) is 18.2 Å². The number of hydrogen-bond acceptors (Lipinski definition) is 6. The van der Waals surface area contributed by atoms with Crippen LogP contribution < -0.4 is 9.47 Å². The van der Waals surface area contributed by atoms with Crippen LogP contribution in [0.2, 0.25) is 0 Å². The van der Waals surface area contributed by atoms with E-state index in [1.165, 1.54) is 36.7 Å². The van der Waals surface area contributed by atoms with Crippen molar-refractivity contribution in [3.8, 4) is 11.5 Å².